The van der Waals surface area contributed by atoms with Crippen LogP contribution in [0.2, 0.25) is 0 Å². The number of imide groups is 1. The molecule has 1 unspecified atom stereocenters. The maximum absolute atomic E-state index is 12.4. The van der Waals surface area contributed by atoms with Gasteiger partial charge in [0.25, 0.3) is 5.91 Å². The number of hydrogen-bond donors (Lipinski definition) is 1. The summed E-state index contributed by atoms with van der Waals surface area (Å²) in [6.07, 6.45) is 1.95. The van der Waals surface area contributed by atoms with E-state index >= 15 is 0 Å². The van der Waals surface area contributed by atoms with Gasteiger partial charge in [-0.3, -0.25) is 14.5 Å². The van der Waals surface area contributed by atoms with Crippen LogP contribution in [0.4, 0.5) is 0 Å². The van der Waals surface area contributed by atoms with E-state index < -0.39 is 6.04 Å². The van der Waals surface area contributed by atoms with E-state index in [0.717, 1.165) is 43.1 Å². The maximum atomic E-state index is 12.4. The van der Waals surface area contributed by atoms with E-state index in [1.54, 1.807) is 7.05 Å². The number of hydrogen-bond acceptors (Lipinski definition) is 4. The molecule has 1 aromatic heterocycles. The zero-order valence-corrected chi connectivity index (χ0v) is 12.8. The molecule has 2 aliphatic rings. The molecule has 3 heterocycles. The lowest BCUT2D eigenvalue weighted by Gasteiger charge is -2.20. The average Bonchev–Trinajstić information content (AvgIpc) is 2.90. The molecule has 114 valence electrons. The van der Waals surface area contributed by atoms with Crippen LogP contribution in [-0.2, 0) is 29.0 Å². The summed E-state index contributed by atoms with van der Waals surface area (Å²) >= 11 is 0. The minimum Gasteiger partial charge on any atom is -0.319 e. The molecule has 2 aliphatic heterocycles. The zero-order valence-electron chi connectivity index (χ0n) is 12.8. The summed E-state index contributed by atoms with van der Waals surface area (Å²) < 4.78 is 2.06. The number of nitrogens with zero attached hydrogens (tertiary/aromatic N) is 3. The van der Waals surface area contributed by atoms with E-state index in [1.807, 2.05) is 0 Å². The third-order valence-corrected chi connectivity index (χ3v) is 4.26. The van der Waals surface area contributed by atoms with Gasteiger partial charge in [0, 0.05) is 38.7 Å². The van der Waals surface area contributed by atoms with Gasteiger partial charge in [0.15, 0.2) is 0 Å². The molecule has 21 heavy (non-hydrogen) atoms. The second-order valence-corrected chi connectivity index (χ2v) is 6.33. The van der Waals surface area contributed by atoms with Crippen LogP contribution < -0.4 is 5.32 Å². The molecule has 0 bridgehead atoms. The molecule has 1 aromatic rings. The number of carbonyl (C=O) groups is 2. The largest absolute Gasteiger partial charge is 0.319 e. The summed E-state index contributed by atoms with van der Waals surface area (Å²) in [5.41, 5.74) is 2.16. The van der Waals surface area contributed by atoms with Crippen LogP contribution in [0.25, 0.3) is 0 Å². The van der Waals surface area contributed by atoms with E-state index in [4.69, 9.17) is 4.98 Å². The molecule has 0 saturated carbocycles. The summed E-state index contributed by atoms with van der Waals surface area (Å²) in [4.78, 5) is 30.2. The van der Waals surface area contributed by atoms with Gasteiger partial charge < -0.3 is 9.88 Å². The highest BCUT2D eigenvalue weighted by Crippen LogP contribution is 2.30. The van der Waals surface area contributed by atoms with Gasteiger partial charge in [-0.05, 0) is 5.92 Å². The third kappa shape index (κ3) is 2.37. The number of amides is 2. The minimum absolute atomic E-state index is 0.100. The molecular weight excluding hydrogens is 268 g/mol. The Balaban J connectivity index is 2.05. The second-order valence-electron chi connectivity index (χ2n) is 6.33. The third-order valence-electron chi connectivity index (χ3n) is 4.26. The number of carbonyl (C=O) groups excluding carboxylic acids is 2. The topological polar surface area (TPSA) is 67.2 Å². The predicted molar refractivity (Wildman–Crippen MR) is 77.6 cm³/mol. The van der Waals surface area contributed by atoms with Gasteiger partial charge in [0.1, 0.15) is 11.9 Å². The van der Waals surface area contributed by atoms with Crippen molar-refractivity contribution in [3.8, 4) is 0 Å². The Morgan fingerprint density at radius 2 is 2.14 bits per heavy atom. The smallest absolute Gasteiger partial charge is 0.252 e. The molecule has 1 atom stereocenters. The van der Waals surface area contributed by atoms with Crippen LogP contribution in [0.3, 0.4) is 0 Å². The fraction of sp³-hybridized carbons (Fsp3) is 0.667. The predicted octanol–water partition coefficient (Wildman–Crippen LogP) is 0.657. The highest BCUT2D eigenvalue weighted by atomic mass is 16.2. The number of likely N-dealkylation sites (tertiary alicyclic amines) is 1. The lowest BCUT2D eigenvalue weighted by atomic mass is 10.1. The quantitative estimate of drug-likeness (QED) is 0.830. The Labute approximate surface area is 124 Å². The van der Waals surface area contributed by atoms with Crippen LogP contribution >= 0.6 is 0 Å². The second kappa shape index (κ2) is 5.26. The number of nitrogens with one attached hydrogen (secondary N) is 1. The molecule has 6 nitrogen and oxygen atoms in total. The van der Waals surface area contributed by atoms with Gasteiger partial charge in [-0.1, -0.05) is 13.8 Å². The van der Waals surface area contributed by atoms with Gasteiger partial charge in [-0.25, -0.2) is 4.98 Å². The summed E-state index contributed by atoms with van der Waals surface area (Å²) in [7, 11) is 1.57. The molecule has 0 spiro atoms. The first-order valence-electron chi connectivity index (χ1n) is 7.59. The molecule has 0 aromatic carbocycles. The molecule has 2 amide bonds. The molecule has 0 radical (unpaired) electrons. The summed E-state index contributed by atoms with van der Waals surface area (Å²) in [5.74, 6) is 1.20. The highest BCUT2D eigenvalue weighted by molar-refractivity contribution is 6.04. The number of likely N-dealkylation sites (N-methyl/N-ethyl adjacent to an activating group) is 1. The van der Waals surface area contributed by atoms with Crippen LogP contribution in [0.15, 0.2) is 0 Å². The summed E-state index contributed by atoms with van der Waals surface area (Å²) in [6, 6.07) is -0.398. The number of aromatic nitrogens is 2. The summed E-state index contributed by atoms with van der Waals surface area (Å²) in [6.45, 7) is 5.93. The number of fused-ring (bicyclic) bond motifs is 1. The van der Waals surface area contributed by atoms with E-state index in [-0.39, 0.29) is 18.2 Å². The van der Waals surface area contributed by atoms with Crippen LogP contribution in [0.1, 0.15) is 43.5 Å². The molecule has 3 rings (SSSR count). The van der Waals surface area contributed by atoms with Gasteiger partial charge in [0.2, 0.25) is 5.91 Å². The Morgan fingerprint density at radius 1 is 1.38 bits per heavy atom. The maximum Gasteiger partial charge on any atom is 0.252 e. The Bertz CT molecular complexity index is 591. The van der Waals surface area contributed by atoms with Crippen molar-refractivity contribution >= 4 is 11.8 Å². The van der Waals surface area contributed by atoms with E-state index in [0.29, 0.717) is 5.92 Å². The summed E-state index contributed by atoms with van der Waals surface area (Å²) in [5, 5.41) is 3.32. The van der Waals surface area contributed by atoms with Crippen molar-refractivity contribution in [3.05, 3.63) is 17.2 Å². The fourth-order valence-electron chi connectivity index (χ4n) is 3.20. The van der Waals surface area contributed by atoms with Crippen LogP contribution in [0.5, 0.6) is 0 Å². The van der Waals surface area contributed by atoms with Gasteiger partial charge >= 0.3 is 0 Å². The van der Waals surface area contributed by atoms with Crippen molar-refractivity contribution in [1.82, 2.24) is 19.8 Å². The van der Waals surface area contributed by atoms with Crippen molar-refractivity contribution in [3.63, 3.8) is 0 Å². The molecule has 6 heteroatoms. The first-order chi connectivity index (χ1) is 9.99. The van der Waals surface area contributed by atoms with Crippen molar-refractivity contribution in [2.45, 2.75) is 45.7 Å². The molecule has 0 aliphatic carbocycles. The zero-order chi connectivity index (χ0) is 15.1. The van der Waals surface area contributed by atoms with Gasteiger partial charge in [-0.2, -0.15) is 0 Å². The lowest BCUT2D eigenvalue weighted by molar-refractivity contribution is -0.137. The average molecular weight is 290 g/mol. The SMILES string of the molecule is CC(C)Cc1nc2c(n1C1CC(=O)N(C)C1=O)CCNC2. The highest BCUT2D eigenvalue weighted by Gasteiger charge is 2.40. The number of rotatable bonds is 3. The molecule has 1 saturated heterocycles. The normalized spacial score (nSPS) is 22.3. The van der Waals surface area contributed by atoms with E-state index in [2.05, 4.69) is 23.7 Å². The Kier molecular flexibility index (Phi) is 3.57. The van der Waals surface area contributed by atoms with Crippen molar-refractivity contribution in [2.75, 3.05) is 13.6 Å². The fourth-order valence-corrected chi connectivity index (χ4v) is 3.20. The van der Waals surface area contributed by atoms with E-state index in [1.165, 1.54) is 4.90 Å². The van der Waals surface area contributed by atoms with Crippen molar-refractivity contribution in [2.24, 2.45) is 5.92 Å². The standard InChI is InChI=1S/C15H22N4O2/c1-9(2)6-13-17-10-8-16-5-4-11(10)19(13)12-7-14(20)18(3)15(12)21/h9,12,16H,4-8H2,1-3H3. The Hall–Kier alpha value is -1.69. The van der Waals surface area contributed by atoms with Gasteiger partial charge in [-0.15, -0.1) is 0 Å². The molecule has 1 N–H and O–H groups in total. The van der Waals surface area contributed by atoms with Crippen molar-refractivity contribution < 1.29 is 9.59 Å². The monoisotopic (exact) mass is 290 g/mol. The lowest BCUT2D eigenvalue weighted by Crippen LogP contribution is -2.30. The number of imidazole rings is 1. The van der Waals surface area contributed by atoms with E-state index in [9.17, 15) is 9.59 Å². The van der Waals surface area contributed by atoms with Gasteiger partial charge in [0.05, 0.1) is 12.1 Å². The Morgan fingerprint density at radius 3 is 2.76 bits per heavy atom. The molecular formula is C15H22N4O2. The van der Waals surface area contributed by atoms with Crippen LogP contribution in [0, 0.1) is 5.92 Å². The first-order valence-corrected chi connectivity index (χ1v) is 7.59. The van der Waals surface area contributed by atoms with Crippen LogP contribution in [-0.4, -0.2) is 39.9 Å². The first kappa shape index (κ1) is 14.3. The molecule has 1 fully saturated rings. The van der Waals surface area contributed by atoms with Crippen molar-refractivity contribution in [1.29, 1.82) is 0 Å². The minimum atomic E-state index is -0.398.